The van der Waals surface area contributed by atoms with Crippen LogP contribution in [0.1, 0.15) is 42.1 Å². The number of rotatable bonds is 5. The topological polar surface area (TPSA) is 38.3 Å². The van der Waals surface area contributed by atoms with E-state index in [0.29, 0.717) is 0 Å². The fourth-order valence-electron chi connectivity index (χ4n) is 3.40. The molecule has 0 heterocycles. The van der Waals surface area contributed by atoms with Crippen LogP contribution in [0.4, 0.5) is 0 Å². The number of nitrogens with one attached hydrogen (secondary N) is 1. The van der Waals surface area contributed by atoms with Crippen LogP contribution in [0.5, 0.6) is 5.75 Å². The molecule has 0 aliphatic carbocycles. The van der Waals surface area contributed by atoms with Gasteiger partial charge in [-0.25, -0.2) is 0 Å². The van der Waals surface area contributed by atoms with E-state index in [9.17, 15) is 4.79 Å². The number of carbonyl (C=O) groups is 1. The lowest BCUT2D eigenvalue weighted by molar-refractivity contribution is -0.127. The summed E-state index contributed by atoms with van der Waals surface area (Å²) in [7, 11) is 0. The zero-order chi connectivity index (χ0) is 19.6. The molecule has 0 saturated heterocycles. The molecule has 0 radical (unpaired) electrons. The minimum absolute atomic E-state index is 0.0737. The van der Waals surface area contributed by atoms with Gasteiger partial charge in [0, 0.05) is 5.39 Å². The molecule has 0 bridgehead atoms. The first kappa shape index (κ1) is 19.0. The van der Waals surface area contributed by atoms with E-state index >= 15 is 0 Å². The Hall–Kier alpha value is -2.81. The minimum atomic E-state index is -0.579. The molecule has 3 rings (SSSR count). The van der Waals surface area contributed by atoms with Crippen LogP contribution >= 0.6 is 0 Å². The standard InChI is InChI=1S/C24H27NO2/c1-15-13-17(3)22(14-16(15)2)18(4)25-24(26)19(5)27-23-12-8-10-20-9-6-7-11-21(20)23/h6-14,18-19H,1-5H3,(H,25,26)/t18-,19-/m0/s1. The number of amides is 1. The van der Waals surface area contributed by atoms with Gasteiger partial charge in [-0.05, 0) is 68.3 Å². The van der Waals surface area contributed by atoms with Crippen LogP contribution in [-0.4, -0.2) is 12.0 Å². The van der Waals surface area contributed by atoms with Gasteiger partial charge in [-0.2, -0.15) is 0 Å². The number of fused-ring (bicyclic) bond motifs is 1. The molecule has 0 saturated carbocycles. The monoisotopic (exact) mass is 361 g/mol. The van der Waals surface area contributed by atoms with Crippen LogP contribution in [0.3, 0.4) is 0 Å². The van der Waals surface area contributed by atoms with E-state index in [1.807, 2.05) is 49.4 Å². The van der Waals surface area contributed by atoms with Crippen LogP contribution in [0.25, 0.3) is 10.8 Å². The van der Waals surface area contributed by atoms with E-state index in [2.05, 4.69) is 38.2 Å². The van der Waals surface area contributed by atoms with Gasteiger partial charge in [0.15, 0.2) is 6.10 Å². The van der Waals surface area contributed by atoms with Gasteiger partial charge in [-0.1, -0.05) is 48.5 Å². The largest absolute Gasteiger partial charge is 0.480 e. The lowest BCUT2D eigenvalue weighted by atomic mass is 9.96. The number of benzene rings is 3. The molecule has 3 aromatic rings. The van der Waals surface area contributed by atoms with Crippen LogP contribution < -0.4 is 10.1 Å². The third kappa shape index (κ3) is 4.13. The van der Waals surface area contributed by atoms with Gasteiger partial charge in [0.1, 0.15) is 5.75 Å². The Morgan fingerprint density at radius 1 is 0.889 bits per heavy atom. The van der Waals surface area contributed by atoms with Crippen molar-refractivity contribution in [2.75, 3.05) is 0 Å². The van der Waals surface area contributed by atoms with Gasteiger partial charge in [0.05, 0.1) is 6.04 Å². The highest BCUT2D eigenvalue weighted by Gasteiger charge is 2.19. The third-order valence-electron chi connectivity index (χ3n) is 5.13. The van der Waals surface area contributed by atoms with Crippen molar-refractivity contribution in [2.45, 2.75) is 46.8 Å². The lowest BCUT2D eigenvalue weighted by Gasteiger charge is -2.21. The van der Waals surface area contributed by atoms with Crippen LogP contribution in [0, 0.1) is 20.8 Å². The summed E-state index contributed by atoms with van der Waals surface area (Å²) < 4.78 is 5.99. The van der Waals surface area contributed by atoms with Gasteiger partial charge in [0.25, 0.3) is 5.91 Å². The predicted octanol–water partition coefficient (Wildman–Crippen LogP) is 5.41. The van der Waals surface area contributed by atoms with Crippen molar-refractivity contribution >= 4 is 16.7 Å². The fraction of sp³-hybridized carbons (Fsp3) is 0.292. The van der Waals surface area contributed by atoms with E-state index in [1.54, 1.807) is 6.92 Å². The first-order chi connectivity index (χ1) is 12.9. The Morgan fingerprint density at radius 2 is 1.56 bits per heavy atom. The molecule has 0 aliphatic heterocycles. The molecule has 2 atom stereocenters. The molecule has 1 N–H and O–H groups in total. The lowest BCUT2D eigenvalue weighted by Crippen LogP contribution is -2.38. The van der Waals surface area contributed by atoms with E-state index in [1.165, 1.54) is 16.7 Å². The summed E-state index contributed by atoms with van der Waals surface area (Å²) in [6.07, 6.45) is -0.579. The van der Waals surface area contributed by atoms with Crippen LogP contribution in [-0.2, 0) is 4.79 Å². The smallest absolute Gasteiger partial charge is 0.261 e. The molecule has 1 amide bonds. The van der Waals surface area contributed by atoms with Crippen molar-refractivity contribution < 1.29 is 9.53 Å². The molecular formula is C24H27NO2. The zero-order valence-corrected chi connectivity index (χ0v) is 16.7. The maximum atomic E-state index is 12.7. The van der Waals surface area contributed by atoms with Crippen molar-refractivity contribution in [3.8, 4) is 5.75 Å². The second-order valence-electron chi connectivity index (χ2n) is 7.26. The van der Waals surface area contributed by atoms with E-state index in [0.717, 1.165) is 22.1 Å². The number of hydrogen-bond donors (Lipinski definition) is 1. The third-order valence-corrected chi connectivity index (χ3v) is 5.13. The summed E-state index contributed by atoms with van der Waals surface area (Å²) in [5.74, 6) is 0.610. The maximum Gasteiger partial charge on any atom is 0.261 e. The van der Waals surface area contributed by atoms with Crippen molar-refractivity contribution in [3.63, 3.8) is 0 Å². The van der Waals surface area contributed by atoms with E-state index < -0.39 is 6.10 Å². The zero-order valence-electron chi connectivity index (χ0n) is 16.7. The van der Waals surface area contributed by atoms with E-state index in [-0.39, 0.29) is 11.9 Å². The molecule has 3 heteroatoms. The quantitative estimate of drug-likeness (QED) is 0.660. The molecule has 3 aromatic carbocycles. The van der Waals surface area contributed by atoms with Crippen molar-refractivity contribution in [1.82, 2.24) is 5.32 Å². The molecule has 3 nitrogen and oxygen atoms in total. The molecule has 0 fully saturated rings. The van der Waals surface area contributed by atoms with Gasteiger partial charge < -0.3 is 10.1 Å². The molecule has 0 unspecified atom stereocenters. The summed E-state index contributed by atoms with van der Waals surface area (Å²) in [5, 5.41) is 5.20. The number of ether oxygens (including phenoxy) is 1. The molecular weight excluding hydrogens is 334 g/mol. The van der Waals surface area contributed by atoms with Crippen LogP contribution in [0.15, 0.2) is 54.6 Å². The normalized spacial score (nSPS) is 13.2. The maximum absolute atomic E-state index is 12.7. The first-order valence-corrected chi connectivity index (χ1v) is 9.39. The summed E-state index contributed by atoms with van der Waals surface area (Å²) in [6, 6.07) is 18.2. The minimum Gasteiger partial charge on any atom is -0.480 e. The molecule has 27 heavy (non-hydrogen) atoms. The average molecular weight is 361 g/mol. The Balaban J connectivity index is 1.73. The second-order valence-corrected chi connectivity index (χ2v) is 7.26. The summed E-state index contributed by atoms with van der Waals surface area (Å²) in [5.41, 5.74) is 4.83. The molecule has 0 aliphatic rings. The van der Waals surface area contributed by atoms with Crippen LogP contribution in [0.2, 0.25) is 0 Å². The van der Waals surface area contributed by atoms with Gasteiger partial charge in [-0.15, -0.1) is 0 Å². The summed E-state index contributed by atoms with van der Waals surface area (Å²) >= 11 is 0. The molecule has 0 spiro atoms. The van der Waals surface area contributed by atoms with Gasteiger partial charge in [0.2, 0.25) is 0 Å². The Morgan fingerprint density at radius 3 is 2.33 bits per heavy atom. The molecule has 140 valence electrons. The van der Waals surface area contributed by atoms with Crippen molar-refractivity contribution in [1.29, 1.82) is 0 Å². The van der Waals surface area contributed by atoms with Gasteiger partial charge >= 0.3 is 0 Å². The molecule has 0 aromatic heterocycles. The average Bonchev–Trinajstić information content (AvgIpc) is 2.64. The Labute approximate surface area is 161 Å². The van der Waals surface area contributed by atoms with Crippen molar-refractivity contribution in [3.05, 3.63) is 76.9 Å². The SMILES string of the molecule is Cc1cc(C)c([C@H](C)NC(=O)[C@H](C)Oc2cccc3ccccc23)cc1C. The second kappa shape index (κ2) is 7.83. The van der Waals surface area contributed by atoms with Gasteiger partial charge in [-0.3, -0.25) is 4.79 Å². The highest BCUT2D eigenvalue weighted by Crippen LogP contribution is 2.26. The summed E-state index contributed by atoms with van der Waals surface area (Å²) in [4.78, 5) is 12.7. The highest BCUT2D eigenvalue weighted by molar-refractivity contribution is 5.89. The Bertz CT molecular complexity index is 972. The highest BCUT2D eigenvalue weighted by atomic mass is 16.5. The number of carbonyl (C=O) groups excluding carboxylic acids is 1. The predicted molar refractivity (Wildman–Crippen MR) is 111 cm³/mol. The fourth-order valence-corrected chi connectivity index (χ4v) is 3.40. The number of aryl methyl sites for hydroxylation is 3. The van der Waals surface area contributed by atoms with E-state index in [4.69, 9.17) is 4.74 Å². The summed E-state index contributed by atoms with van der Waals surface area (Å²) in [6.45, 7) is 10.1. The first-order valence-electron chi connectivity index (χ1n) is 9.39. The number of hydrogen-bond acceptors (Lipinski definition) is 2. The van der Waals surface area contributed by atoms with Crippen molar-refractivity contribution in [2.24, 2.45) is 0 Å². The Kier molecular flexibility index (Phi) is 5.50.